The lowest BCUT2D eigenvalue weighted by molar-refractivity contribution is 0.0689. The van der Waals surface area contributed by atoms with Crippen LogP contribution in [0, 0.1) is 0 Å². The summed E-state index contributed by atoms with van der Waals surface area (Å²) in [6, 6.07) is 10.5. The molecule has 0 N–H and O–H groups in total. The maximum atomic E-state index is 5.46. The Balaban J connectivity index is 2.00. The average molecular weight is 189 g/mol. The molecule has 0 saturated carbocycles. The monoisotopic (exact) mass is 189 g/mol. The number of aliphatic imine (C=N–C) groups is 1. The molecule has 0 amide bonds. The number of nitrogens with zero attached hydrogens (tertiary/aromatic N) is 1. The van der Waals surface area contributed by atoms with E-state index in [0.29, 0.717) is 5.92 Å². The molecule has 14 heavy (non-hydrogen) atoms. The molecule has 0 radical (unpaired) electrons. The van der Waals surface area contributed by atoms with E-state index in [-0.39, 0.29) is 6.23 Å². The number of benzene rings is 1. The Morgan fingerprint density at radius 2 is 2.14 bits per heavy atom. The van der Waals surface area contributed by atoms with Crippen molar-refractivity contribution in [3.63, 3.8) is 0 Å². The van der Waals surface area contributed by atoms with Crippen molar-refractivity contribution in [2.24, 2.45) is 4.99 Å². The molecule has 0 spiro atoms. The topological polar surface area (TPSA) is 21.6 Å². The van der Waals surface area contributed by atoms with E-state index in [1.54, 1.807) is 0 Å². The van der Waals surface area contributed by atoms with Gasteiger partial charge in [-0.05, 0) is 12.5 Å². The Bertz CT molecular complexity index is 307. The summed E-state index contributed by atoms with van der Waals surface area (Å²) in [7, 11) is 0. The van der Waals surface area contributed by atoms with Crippen molar-refractivity contribution in [2.45, 2.75) is 25.5 Å². The van der Waals surface area contributed by atoms with E-state index in [1.807, 2.05) is 19.2 Å². The Labute approximate surface area is 84.6 Å². The molecule has 2 heteroatoms. The first-order valence-corrected chi connectivity index (χ1v) is 5.10. The van der Waals surface area contributed by atoms with Crippen LogP contribution in [0.2, 0.25) is 0 Å². The largest absolute Gasteiger partial charge is 0.357 e. The van der Waals surface area contributed by atoms with Crippen LogP contribution in [0.25, 0.3) is 0 Å². The maximum absolute atomic E-state index is 5.46. The lowest BCUT2D eigenvalue weighted by Crippen LogP contribution is -2.07. The van der Waals surface area contributed by atoms with Gasteiger partial charge in [0.2, 0.25) is 0 Å². The lowest BCUT2D eigenvalue weighted by Gasteiger charge is -2.10. The standard InChI is InChI=1S/C12H15NO/c1-2-14-12-8-11(9-13-12)10-6-4-3-5-7-10/h3-7,9,11-12H,2,8H2,1H3. The Morgan fingerprint density at radius 3 is 2.86 bits per heavy atom. The van der Waals surface area contributed by atoms with E-state index in [0.717, 1.165) is 13.0 Å². The third-order valence-corrected chi connectivity index (χ3v) is 2.47. The van der Waals surface area contributed by atoms with Crippen LogP contribution in [0.15, 0.2) is 35.3 Å². The second kappa shape index (κ2) is 4.38. The maximum Gasteiger partial charge on any atom is 0.148 e. The highest BCUT2D eigenvalue weighted by Gasteiger charge is 2.21. The van der Waals surface area contributed by atoms with Gasteiger partial charge < -0.3 is 4.74 Å². The van der Waals surface area contributed by atoms with E-state index >= 15 is 0 Å². The predicted molar refractivity (Wildman–Crippen MR) is 57.7 cm³/mol. The van der Waals surface area contributed by atoms with Crippen LogP contribution in [0.4, 0.5) is 0 Å². The van der Waals surface area contributed by atoms with Crippen LogP contribution in [0.3, 0.4) is 0 Å². The molecule has 1 aliphatic rings. The van der Waals surface area contributed by atoms with Crippen LogP contribution >= 0.6 is 0 Å². The van der Waals surface area contributed by atoms with Crippen molar-refractivity contribution in [3.05, 3.63) is 35.9 Å². The van der Waals surface area contributed by atoms with Crippen molar-refractivity contribution >= 4 is 6.21 Å². The van der Waals surface area contributed by atoms with E-state index in [1.165, 1.54) is 5.56 Å². The summed E-state index contributed by atoms with van der Waals surface area (Å²) < 4.78 is 5.46. The molecule has 2 unspecified atom stereocenters. The molecule has 1 aromatic rings. The molecule has 1 aliphatic heterocycles. The number of hydrogen-bond acceptors (Lipinski definition) is 2. The minimum absolute atomic E-state index is 0.0743. The Hall–Kier alpha value is -1.15. The molecule has 0 fully saturated rings. The minimum atomic E-state index is 0.0743. The summed E-state index contributed by atoms with van der Waals surface area (Å²) in [5.74, 6) is 0.438. The molecule has 1 heterocycles. The van der Waals surface area contributed by atoms with Crippen LogP contribution < -0.4 is 0 Å². The Morgan fingerprint density at radius 1 is 1.36 bits per heavy atom. The summed E-state index contributed by atoms with van der Waals surface area (Å²) >= 11 is 0. The zero-order valence-electron chi connectivity index (χ0n) is 8.39. The van der Waals surface area contributed by atoms with Crippen molar-refractivity contribution < 1.29 is 4.74 Å². The second-order valence-corrected chi connectivity index (χ2v) is 3.46. The van der Waals surface area contributed by atoms with Crippen molar-refractivity contribution in [2.75, 3.05) is 6.61 Å². The van der Waals surface area contributed by atoms with Gasteiger partial charge in [-0.2, -0.15) is 0 Å². The van der Waals surface area contributed by atoms with E-state index in [9.17, 15) is 0 Å². The Kier molecular flexibility index (Phi) is 2.94. The zero-order chi connectivity index (χ0) is 9.80. The summed E-state index contributed by atoms with van der Waals surface area (Å²) in [4.78, 5) is 4.34. The smallest absolute Gasteiger partial charge is 0.148 e. The van der Waals surface area contributed by atoms with Gasteiger partial charge in [-0.25, -0.2) is 0 Å². The molecule has 2 nitrogen and oxygen atoms in total. The molecule has 2 rings (SSSR count). The second-order valence-electron chi connectivity index (χ2n) is 3.46. The highest BCUT2D eigenvalue weighted by Crippen LogP contribution is 2.25. The fourth-order valence-corrected chi connectivity index (χ4v) is 1.76. The van der Waals surface area contributed by atoms with E-state index in [2.05, 4.69) is 29.3 Å². The molecule has 0 bridgehead atoms. The van der Waals surface area contributed by atoms with E-state index in [4.69, 9.17) is 4.74 Å². The van der Waals surface area contributed by atoms with Crippen molar-refractivity contribution in [1.29, 1.82) is 0 Å². The summed E-state index contributed by atoms with van der Waals surface area (Å²) in [5.41, 5.74) is 1.33. The third kappa shape index (κ3) is 2.02. The molecular formula is C12H15NO. The molecule has 0 aliphatic carbocycles. The molecule has 0 saturated heterocycles. The molecule has 1 aromatic carbocycles. The highest BCUT2D eigenvalue weighted by atomic mass is 16.5. The normalized spacial score (nSPS) is 25.5. The molecular weight excluding hydrogens is 174 g/mol. The number of ether oxygens (including phenoxy) is 1. The third-order valence-electron chi connectivity index (χ3n) is 2.47. The van der Waals surface area contributed by atoms with Gasteiger partial charge in [0.05, 0.1) is 0 Å². The summed E-state index contributed by atoms with van der Waals surface area (Å²) in [6.07, 6.45) is 3.07. The van der Waals surface area contributed by atoms with Crippen LogP contribution in [0.5, 0.6) is 0 Å². The van der Waals surface area contributed by atoms with Gasteiger partial charge in [0.15, 0.2) is 0 Å². The predicted octanol–water partition coefficient (Wildman–Crippen LogP) is 2.61. The van der Waals surface area contributed by atoms with Gasteiger partial charge in [0.25, 0.3) is 0 Å². The van der Waals surface area contributed by atoms with Gasteiger partial charge in [-0.15, -0.1) is 0 Å². The SMILES string of the molecule is CCOC1CC(c2ccccc2)C=N1. The highest BCUT2D eigenvalue weighted by molar-refractivity contribution is 5.70. The molecule has 0 aromatic heterocycles. The first-order chi connectivity index (χ1) is 6.90. The van der Waals surface area contributed by atoms with Gasteiger partial charge >= 0.3 is 0 Å². The van der Waals surface area contributed by atoms with E-state index < -0.39 is 0 Å². The quantitative estimate of drug-likeness (QED) is 0.716. The van der Waals surface area contributed by atoms with Crippen molar-refractivity contribution in [3.8, 4) is 0 Å². The molecule has 2 atom stereocenters. The summed E-state index contributed by atoms with van der Waals surface area (Å²) in [6.45, 7) is 2.74. The number of hydrogen-bond donors (Lipinski definition) is 0. The van der Waals surface area contributed by atoms with Crippen LogP contribution in [-0.4, -0.2) is 19.0 Å². The number of rotatable bonds is 3. The van der Waals surface area contributed by atoms with Crippen LogP contribution in [0.1, 0.15) is 24.8 Å². The summed E-state index contributed by atoms with van der Waals surface area (Å²) in [5, 5.41) is 0. The first kappa shape index (κ1) is 9.41. The van der Waals surface area contributed by atoms with Crippen LogP contribution in [-0.2, 0) is 4.74 Å². The minimum Gasteiger partial charge on any atom is -0.357 e. The lowest BCUT2D eigenvalue weighted by atomic mass is 9.98. The average Bonchev–Trinajstić information content (AvgIpc) is 2.68. The van der Waals surface area contributed by atoms with Gasteiger partial charge in [-0.3, -0.25) is 4.99 Å². The fourth-order valence-electron chi connectivity index (χ4n) is 1.76. The van der Waals surface area contributed by atoms with Gasteiger partial charge in [0.1, 0.15) is 6.23 Å². The molecule has 74 valence electrons. The zero-order valence-corrected chi connectivity index (χ0v) is 8.39. The first-order valence-electron chi connectivity index (χ1n) is 5.10. The van der Waals surface area contributed by atoms with Gasteiger partial charge in [0, 0.05) is 25.2 Å². The van der Waals surface area contributed by atoms with Crippen molar-refractivity contribution in [1.82, 2.24) is 0 Å². The fraction of sp³-hybridized carbons (Fsp3) is 0.417. The van der Waals surface area contributed by atoms with Gasteiger partial charge in [-0.1, -0.05) is 30.3 Å².